The number of aromatic nitrogens is 3. The highest BCUT2D eigenvalue weighted by Crippen LogP contribution is 2.44. The molecule has 0 amide bonds. The molecule has 9 aromatic rings. The van der Waals surface area contributed by atoms with Crippen molar-refractivity contribution in [3.05, 3.63) is 192 Å². The van der Waals surface area contributed by atoms with Crippen LogP contribution < -0.4 is 0 Å². The fourth-order valence-electron chi connectivity index (χ4n) is 8.21. The second-order valence-electron chi connectivity index (χ2n) is 16.8. The lowest BCUT2D eigenvalue weighted by molar-refractivity contribution is 0.448. The van der Waals surface area contributed by atoms with Crippen molar-refractivity contribution in [1.29, 1.82) is 0 Å². The molecule has 0 saturated heterocycles. The first-order valence-electron chi connectivity index (χ1n) is 20.3. The van der Waals surface area contributed by atoms with Crippen LogP contribution in [0.25, 0.3) is 83.9 Å². The van der Waals surface area contributed by atoms with E-state index >= 15 is 0 Å². The van der Waals surface area contributed by atoms with Crippen LogP contribution in [0, 0.1) is 20.8 Å². The second kappa shape index (κ2) is 15.0. The van der Waals surface area contributed by atoms with Gasteiger partial charge in [-0.25, -0.2) is 4.98 Å². The number of nitrogens with zero attached hydrogens (tertiary/aromatic N) is 3. The molecule has 0 fully saturated rings. The Labute approximate surface area is 347 Å². The lowest BCUT2D eigenvalue weighted by atomic mass is 9.84. The van der Waals surface area contributed by atoms with Crippen molar-refractivity contribution < 1.29 is 5.11 Å². The van der Waals surface area contributed by atoms with E-state index in [0.717, 1.165) is 89.2 Å². The van der Waals surface area contributed by atoms with Crippen LogP contribution in [0.4, 0.5) is 0 Å². The Morgan fingerprint density at radius 3 is 1.85 bits per heavy atom. The van der Waals surface area contributed by atoms with Crippen molar-refractivity contribution in [2.24, 2.45) is 0 Å². The minimum absolute atomic E-state index is 0.252. The summed E-state index contributed by atoms with van der Waals surface area (Å²) < 4.78 is 2.25. The molecule has 4 nitrogen and oxygen atoms in total. The summed E-state index contributed by atoms with van der Waals surface area (Å²) in [4.78, 5) is 10.5. The molecule has 0 unspecified atom stereocenters. The monoisotopic (exact) mass is 765 g/mol. The zero-order valence-corrected chi connectivity index (χ0v) is 34.5. The SMILES string of the molecule is Cc1ccc(-c2ccnc(-c3cc(-c4ccccc4)cc(-c4cccc5c4nc(-c4cc(C)cc(C(C)(C)C)c4O)n5-c4ccc(C)cc4-c4ccccc4)c3)c2)cc1. The average molecular weight is 766 g/mol. The first-order valence-corrected chi connectivity index (χ1v) is 20.3. The van der Waals surface area contributed by atoms with E-state index < -0.39 is 0 Å². The van der Waals surface area contributed by atoms with E-state index in [1.807, 2.05) is 12.3 Å². The fourth-order valence-corrected chi connectivity index (χ4v) is 8.21. The van der Waals surface area contributed by atoms with Gasteiger partial charge in [-0.05, 0) is 120 Å². The van der Waals surface area contributed by atoms with Gasteiger partial charge in [-0.15, -0.1) is 0 Å². The minimum Gasteiger partial charge on any atom is -0.507 e. The van der Waals surface area contributed by atoms with Crippen LogP contribution in [-0.2, 0) is 5.41 Å². The number of benzene rings is 7. The summed E-state index contributed by atoms with van der Waals surface area (Å²) >= 11 is 0. The van der Waals surface area contributed by atoms with Gasteiger partial charge in [0.25, 0.3) is 0 Å². The van der Waals surface area contributed by atoms with Crippen molar-refractivity contribution in [1.82, 2.24) is 14.5 Å². The molecule has 0 radical (unpaired) electrons. The van der Waals surface area contributed by atoms with E-state index in [9.17, 15) is 5.11 Å². The largest absolute Gasteiger partial charge is 0.507 e. The van der Waals surface area contributed by atoms with Gasteiger partial charge in [0.15, 0.2) is 0 Å². The molecule has 59 heavy (non-hydrogen) atoms. The number of pyridine rings is 1. The standard InChI is InChI=1S/C55H47N3O/c1-35-20-23-39(24-21-35)41-26-27-56-49(34-41)44-32-42(38-14-9-7-10-15-38)31-43(33-44)45-18-13-19-51-52(45)57-54(47-29-37(3)30-48(53(47)59)55(4,5)6)58(51)50-25-22-36(2)28-46(50)40-16-11-8-12-17-40/h7-34,59H,1-6H3. The van der Waals surface area contributed by atoms with Crippen molar-refractivity contribution in [3.8, 4) is 78.6 Å². The van der Waals surface area contributed by atoms with Crippen molar-refractivity contribution >= 4 is 11.0 Å². The third-order valence-electron chi connectivity index (χ3n) is 11.3. The lowest BCUT2D eigenvalue weighted by Gasteiger charge is -2.23. The average Bonchev–Trinajstić information content (AvgIpc) is 3.64. The van der Waals surface area contributed by atoms with Gasteiger partial charge >= 0.3 is 0 Å². The third kappa shape index (κ3) is 7.23. The Balaban J connectivity index is 1.33. The number of fused-ring (bicyclic) bond motifs is 1. The van der Waals surface area contributed by atoms with Crippen LogP contribution in [0.5, 0.6) is 5.75 Å². The number of rotatable bonds is 7. The number of aromatic hydroxyl groups is 1. The minimum atomic E-state index is -0.287. The van der Waals surface area contributed by atoms with E-state index in [1.165, 1.54) is 5.56 Å². The zero-order chi connectivity index (χ0) is 40.8. The molecule has 9 rings (SSSR count). The number of phenolic OH excluding ortho intramolecular Hbond substituents is 1. The Morgan fingerprint density at radius 1 is 0.475 bits per heavy atom. The van der Waals surface area contributed by atoms with Crippen LogP contribution in [0.3, 0.4) is 0 Å². The molecule has 0 saturated carbocycles. The summed E-state index contributed by atoms with van der Waals surface area (Å²) in [5, 5.41) is 12.2. The van der Waals surface area contributed by atoms with Crippen molar-refractivity contribution in [2.75, 3.05) is 0 Å². The van der Waals surface area contributed by atoms with Gasteiger partial charge in [0, 0.05) is 28.5 Å². The molecule has 0 aliphatic carbocycles. The topological polar surface area (TPSA) is 50.9 Å². The first kappa shape index (κ1) is 37.5. The number of hydrogen-bond acceptors (Lipinski definition) is 3. The maximum atomic E-state index is 12.2. The smallest absolute Gasteiger partial charge is 0.149 e. The first-order chi connectivity index (χ1) is 28.5. The number of phenols is 1. The van der Waals surface area contributed by atoms with Gasteiger partial charge in [0.2, 0.25) is 0 Å². The normalized spacial score (nSPS) is 11.6. The highest BCUT2D eigenvalue weighted by atomic mass is 16.3. The highest BCUT2D eigenvalue weighted by molar-refractivity contribution is 5.98. The predicted molar refractivity (Wildman–Crippen MR) is 246 cm³/mol. The molecule has 2 heterocycles. The highest BCUT2D eigenvalue weighted by Gasteiger charge is 2.27. The molecule has 0 aliphatic heterocycles. The van der Waals surface area contributed by atoms with E-state index in [4.69, 9.17) is 9.97 Å². The lowest BCUT2D eigenvalue weighted by Crippen LogP contribution is -2.12. The quantitative estimate of drug-likeness (QED) is 0.176. The molecule has 0 atom stereocenters. The zero-order valence-electron chi connectivity index (χ0n) is 34.5. The Bertz CT molecular complexity index is 2990. The van der Waals surface area contributed by atoms with E-state index in [2.05, 4.69) is 204 Å². The molecular formula is C55H47N3O. The summed E-state index contributed by atoms with van der Waals surface area (Å²) in [5.41, 5.74) is 18.2. The Kier molecular flexibility index (Phi) is 9.57. The van der Waals surface area contributed by atoms with Gasteiger partial charge in [-0.3, -0.25) is 9.55 Å². The van der Waals surface area contributed by atoms with E-state index in [1.54, 1.807) is 0 Å². The van der Waals surface area contributed by atoms with Gasteiger partial charge in [0.1, 0.15) is 11.6 Å². The number of hydrogen-bond donors (Lipinski definition) is 1. The van der Waals surface area contributed by atoms with E-state index in [-0.39, 0.29) is 11.2 Å². The van der Waals surface area contributed by atoms with E-state index in [0.29, 0.717) is 11.4 Å². The maximum Gasteiger partial charge on any atom is 0.149 e. The molecule has 1 N–H and O–H groups in total. The van der Waals surface area contributed by atoms with Crippen molar-refractivity contribution in [2.45, 2.75) is 47.0 Å². The molecule has 0 aliphatic rings. The maximum absolute atomic E-state index is 12.2. The second-order valence-corrected chi connectivity index (χ2v) is 16.8. The molecular weight excluding hydrogens is 719 g/mol. The molecule has 0 spiro atoms. The summed E-state index contributed by atoms with van der Waals surface area (Å²) in [6.45, 7) is 12.8. The Morgan fingerprint density at radius 2 is 1.12 bits per heavy atom. The van der Waals surface area contributed by atoms with Crippen LogP contribution in [0.1, 0.15) is 43.0 Å². The predicted octanol–water partition coefficient (Wildman–Crippen LogP) is 14.4. The molecule has 7 aromatic carbocycles. The molecule has 0 bridgehead atoms. The number of para-hydroxylation sites is 1. The summed E-state index contributed by atoms with van der Waals surface area (Å²) in [7, 11) is 0. The van der Waals surface area contributed by atoms with Gasteiger partial charge < -0.3 is 5.11 Å². The molecule has 288 valence electrons. The Hall–Kier alpha value is -7.04. The number of imidazole rings is 1. The molecule has 4 heteroatoms. The van der Waals surface area contributed by atoms with Crippen LogP contribution in [0.2, 0.25) is 0 Å². The van der Waals surface area contributed by atoms with Crippen LogP contribution in [0.15, 0.2) is 170 Å². The van der Waals surface area contributed by atoms with Crippen LogP contribution >= 0.6 is 0 Å². The fraction of sp³-hybridized carbons (Fsp3) is 0.127. The van der Waals surface area contributed by atoms with Gasteiger partial charge in [-0.2, -0.15) is 0 Å². The third-order valence-corrected chi connectivity index (χ3v) is 11.3. The van der Waals surface area contributed by atoms with Crippen LogP contribution in [-0.4, -0.2) is 19.6 Å². The summed E-state index contributed by atoms with van der Waals surface area (Å²) in [6.07, 6.45) is 1.90. The van der Waals surface area contributed by atoms with Crippen molar-refractivity contribution in [3.63, 3.8) is 0 Å². The summed E-state index contributed by atoms with van der Waals surface area (Å²) in [6, 6.07) is 57.9. The van der Waals surface area contributed by atoms with Gasteiger partial charge in [0.05, 0.1) is 28.0 Å². The number of aryl methyl sites for hydroxylation is 3. The summed E-state index contributed by atoms with van der Waals surface area (Å²) in [5.74, 6) is 0.939. The van der Waals surface area contributed by atoms with Gasteiger partial charge in [-0.1, -0.05) is 141 Å². The molecule has 2 aromatic heterocycles.